The van der Waals surface area contributed by atoms with Gasteiger partial charge < -0.3 is 5.32 Å². The van der Waals surface area contributed by atoms with Gasteiger partial charge in [-0.2, -0.15) is 0 Å². The normalized spacial score (nSPS) is 18.4. The van der Waals surface area contributed by atoms with Gasteiger partial charge in [-0.05, 0) is 48.5 Å². The lowest BCUT2D eigenvalue weighted by atomic mass is 10.0. The van der Waals surface area contributed by atoms with Gasteiger partial charge in [0.1, 0.15) is 0 Å². The SMILES string of the molecule is Cc1ccsc1C(c1ccccc1Br)N1CCCNCC1. The molecule has 1 unspecified atom stereocenters. The van der Waals surface area contributed by atoms with Crippen molar-refractivity contribution in [3.05, 3.63) is 56.2 Å². The summed E-state index contributed by atoms with van der Waals surface area (Å²) in [6.07, 6.45) is 1.21. The van der Waals surface area contributed by atoms with Crippen LogP contribution in [0.15, 0.2) is 40.2 Å². The fourth-order valence-corrected chi connectivity index (χ4v) is 4.57. The van der Waals surface area contributed by atoms with Crippen LogP contribution in [-0.4, -0.2) is 31.1 Å². The number of thiophene rings is 1. The zero-order chi connectivity index (χ0) is 14.7. The van der Waals surface area contributed by atoms with E-state index in [9.17, 15) is 0 Å². The Morgan fingerprint density at radius 2 is 2.05 bits per heavy atom. The molecule has 1 fully saturated rings. The first-order valence-electron chi connectivity index (χ1n) is 7.50. The summed E-state index contributed by atoms with van der Waals surface area (Å²) in [7, 11) is 0. The van der Waals surface area contributed by atoms with Crippen LogP contribution in [0.1, 0.15) is 28.5 Å². The van der Waals surface area contributed by atoms with Crippen LogP contribution < -0.4 is 5.32 Å². The molecular formula is C17H21BrN2S. The van der Waals surface area contributed by atoms with E-state index in [0.29, 0.717) is 6.04 Å². The summed E-state index contributed by atoms with van der Waals surface area (Å²) in [6.45, 7) is 6.68. The molecule has 1 aliphatic rings. The molecule has 1 aliphatic heterocycles. The minimum atomic E-state index is 0.362. The second kappa shape index (κ2) is 7.05. The molecule has 1 aromatic carbocycles. The standard InChI is InChI=1S/C17H21BrN2S/c1-13-7-12-21-17(13)16(14-5-2-3-6-15(14)18)20-10-4-8-19-9-11-20/h2-3,5-7,12,16,19H,4,8-11H2,1H3. The smallest absolute Gasteiger partial charge is 0.0710 e. The second-order valence-corrected chi connectivity index (χ2v) is 7.33. The van der Waals surface area contributed by atoms with E-state index in [1.807, 2.05) is 11.3 Å². The van der Waals surface area contributed by atoms with Gasteiger partial charge in [-0.3, -0.25) is 4.90 Å². The molecule has 1 aromatic heterocycles. The Hall–Kier alpha value is -0.680. The number of hydrogen-bond donors (Lipinski definition) is 1. The number of benzene rings is 1. The Bertz CT molecular complexity index is 588. The Balaban J connectivity index is 2.02. The van der Waals surface area contributed by atoms with E-state index >= 15 is 0 Å². The summed E-state index contributed by atoms with van der Waals surface area (Å²) >= 11 is 5.63. The maximum atomic E-state index is 3.76. The highest BCUT2D eigenvalue weighted by Crippen LogP contribution is 2.37. The molecule has 0 saturated carbocycles. The van der Waals surface area contributed by atoms with Crippen LogP contribution in [-0.2, 0) is 0 Å². The van der Waals surface area contributed by atoms with Crippen LogP contribution in [0.25, 0.3) is 0 Å². The molecule has 0 aliphatic carbocycles. The Morgan fingerprint density at radius 3 is 2.81 bits per heavy atom. The van der Waals surface area contributed by atoms with Gasteiger partial charge in [0.05, 0.1) is 6.04 Å². The van der Waals surface area contributed by atoms with E-state index in [1.165, 1.54) is 26.9 Å². The minimum Gasteiger partial charge on any atom is -0.315 e. The summed E-state index contributed by atoms with van der Waals surface area (Å²) < 4.78 is 1.21. The molecule has 1 atom stereocenters. The highest BCUT2D eigenvalue weighted by molar-refractivity contribution is 9.10. The molecule has 2 heterocycles. The Morgan fingerprint density at radius 1 is 1.19 bits per heavy atom. The molecule has 0 radical (unpaired) electrons. The molecule has 4 heteroatoms. The lowest BCUT2D eigenvalue weighted by Gasteiger charge is -2.31. The van der Waals surface area contributed by atoms with E-state index in [2.05, 4.69) is 68.8 Å². The van der Waals surface area contributed by atoms with Gasteiger partial charge in [-0.1, -0.05) is 34.1 Å². The molecule has 0 spiro atoms. The number of hydrogen-bond acceptors (Lipinski definition) is 3. The van der Waals surface area contributed by atoms with Crippen molar-refractivity contribution in [2.45, 2.75) is 19.4 Å². The summed E-state index contributed by atoms with van der Waals surface area (Å²) in [4.78, 5) is 4.10. The highest BCUT2D eigenvalue weighted by Gasteiger charge is 2.26. The van der Waals surface area contributed by atoms with Crippen molar-refractivity contribution in [2.75, 3.05) is 26.2 Å². The average Bonchev–Trinajstić information content (AvgIpc) is 2.75. The van der Waals surface area contributed by atoms with E-state index in [4.69, 9.17) is 0 Å². The Labute approximate surface area is 139 Å². The third-order valence-corrected chi connectivity index (χ3v) is 5.88. The molecule has 0 amide bonds. The van der Waals surface area contributed by atoms with Crippen LogP contribution in [0, 0.1) is 6.92 Å². The molecule has 3 rings (SSSR count). The van der Waals surface area contributed by atoms with E-state index < -0.39 is 0 Å². The first-order chi connectivity index (χ1) is 10.3. The van der Waals surface area contributed by atoms with Crippen molar-refractivity contribution in [3.63, 3.8) is 0 Å². The van der Waals surface area contributed by atoms with Crippen LogP contribution in [0.2, 0.25) is 0 Å². The fourth-order valence-electron chi connectivity index (χ4n) is 2.99. The van der Waals surface area contributed by atoms with Crippen LogP contribution in [0.5, 0.6) is 0 Å². The summed E-state index contributed by atoms with van der Waals surface area (Å²) in [5, 5.41) is 5.72. The van der Waals surface area contributed by atoms with Gasteiger partial charge in [0, 0.05) is 29.0 Å². The van der Waals surface area contributed by atoms with Gasteiger partial charge in [0.25, 0.3) is 0 Å². The monoisotopic (exact) mass is 364 g/mol. The third-order valence-electron chi connectivity index (χ3n) is 4.09. The molecule has 112 valence electrons. The maximum absolute atomic E-state index is 3.76. The van der Waals surface area contributed by atoms with Crippen molar-refractivity contribution >= 4 is 27.3 Å². The summed E-state index contributed by atoms with van der Waals surface area (Å²) in [5.41, 5.74) is 2.78. The van der Waals surface area contributed by atoms with Crippen molar-refractivity contribution in [3.8, 4) is 0 Å². The first kappa shape index (κ1) is 15.2. The van der Waals surface area contributed by atoms with E-state index in [0.717, 1.165) is 26.2 Å². The molecule has 2 aromatic rings. The van der Waals surface area contributed by atoms with E-state index in [1.54, 1.807) is 0 Å². The molecule has 0 bridgehead atoms. The van der Waals surface area contributed by atoms with Crippen molar-refractivity contribution in [1.29, 1.82) is 0 Å². The summed E-state index contributed by atoms with van der Waals surface area (Å²) in [5.74, 6) is 0. The first-order valence-corrected chi connectivity index (χ1v) is 9.18. The average molecular weight is 365 g/mol. The zero-order valence-electron chi connectivity index (χ0n) is 12.3. The third kappa shape index (κ3) is 3.39. The summed E-state index contributed by atoms with van der Waals surface area (Å²) in [6, 6.07) is 11.2. The molecule has 1 saturated heterocycles. The predicted octanol–water partition coefficient (Wildman–Crippen LogP) is 4.20. The number of nitrogens with zero attached hydrogens (tertiary/aromatic N) is 1. The van der Waals surface area contributed by atoms with E-state index in [-0.39, 0.29) is 0 Å². The van der Waals surface area contributed by atoms with Crippen LogP contribution >= 0.6 is 27.3 Å². The quantitative estimate of drug-likeness (QED) is 0.877. The molecular weight excluding hydrogens is 344 g/mol. The number of halogens is 1. The number of rotatable bonds is 3. The van der Waals surface area contributed by atoms with Crippen LogP contribution in [0.4, 0.5) is 0 Å². The van der Waals surface area contributed by atoms with Crippen molar-refractivity contribution in [2.24, 2.45) is 0 Å². The topological polar surface area (TPSA) is 15.3 Å². The number of aryl methyl sites for hydroxylation is 1. The zero-order valence-corrected chi connectivity index (χ0v) is 14.7. The fraction of sp³-hybridized carbons (Fsp3) is 0.412. The van der Waals surface area contributed by atoms with Gasteiger partial charge in [-0.25, -0.2) is 0 Å². The predicted molar refractivity (Wildman–Crippen MR) is 94.1 cm³/mol. The van der Waals surface area contributed by atoms with Crippen LogP contribution in [0.3, 0.4) is 0 Å². The highest BCUT2D eigenvalue weighted by atomic mass is 79.9. The minimum absolute atomic E-state index is 0.362. The maximum Gasteiger partial charge on any atom is 0.0710 e. The Kier molecular flexibility index (Phi) is 5.11. The molecule has 1 N–H and O–H groups in total. The van der Waals surface area contributed by atoms with Gasteiger partial charge >= 0.3 is 0 Å². The van der Waals surface area contributed by atoms with Gasteiger partial charge in [0.2, 0.25) is 0 Å². The molecule has 2 nitrogen and oxygen atoms in total. The van der Waals surface area contributed by atoms with Gasteiger partial charge in [0.15, 0.2) is 0 Å². The lowest BCUT2D eigenvalue weighted by molar-refractivity contribution is 0.243. The largest absolute Gasteiger partial charge is 0.315 e. The number of nitrogens with one attached hydrogen (secondary N) is 1. The van der Waals surface area contributed by atoms with Crippen molar-refractivity contribution < 1.29 is 0 Å². The molecule has 21 heavy (non-hydrogen) atoms. The van der Waals surface area contributed by atoms with Crippen molar-refractivity contribution in [1.82, 2.24) is 10.2 Å². The second-order valence-electron chi connectivity index (χ2n) is 5.53. The van der Waals surface area contributed by atoms with Gasteiger partial charge in [-0.15, -0.1) is 11.3 Å². The lowest BCUT2D eigenvalue weighted by Crippen LogP contribution is -2.33.